The number of carbonyl (C=O) groups is 1. The molecule has 1 unspecified atom stereocenters. The van der Waals surface area contributed by atoms with Gasteiger partial charge in [-0.3, -0.25) is 9.59 Å². The van der Waals surface area contributed by atoms with Crippen LogP contribution in [0.1, 0.15) is 30.8 Å². The van der Waals surface area contributed by atoms with Crippen LogP contribution in [0.2, 0.25) is 0 Å². The Hall–Kier alpha value is -1.62. The van der Waals surface area contributed by atoms with E-state index in [0.29, 0.717) is 18.3 Å². The lowest BCUT2D eigenvalue weighted by Gasteiger charge is -2.23. The van der Waals surface area contributed by atoms with Crippen LogP contribution in [-0.4, -0.2) is 42.0 Å². The maximum atomic E-state index is 11.7. The molecule has 5 nitrogen and oxygen atoms in total. The highest BCUT2D eigenvalue weighted by molar-refractivity contribution is 5.92. The molecule has 0 aliphatic rings. The second-order valence-electron chi connectivity index (χ2n) is 4.42. The highest BCUT2D eigenvalue weighted by Gasteiger charge is 2.08. The molecule has 0 saturated heterocycles. The Bertz CT molecular complexity index is 442. The van der Waals surface area contributed by atoms with Gasteiger partial charge in [-0.25, -0.2) is 0 Å². The summed E-state index contributed by atoms with van der Waals surface area (Å²) in [5, 5.41) is 2.79. The van der Waals surface area contributed by atoms with Crippen molar-refractivity contribution in [2.24, 2.45) is 0 Å². The van der Waals surface area contributed by atoms with E-state index < -0.39 is 0 Å². The van der Waals surface area contributed by atoms with E-state index >= 15 is 0 Å². The van der Waals surface area contributed by atoms with E-state index in [1.54, 1.807) is 12.1 Å². The minimum absolute atomic E-state index is 0.245. The summed E-state index contributed by atoms with van der Waals surface area (Å²) < 4.78 is 0. The molecule has 0 saturated carbocycles. The lowest BCUT2D eigenvalue weighted by Crippen LogP contribution is -2.37. The van der Waals surface area contributed by atoms with Crippen LogP contribution in [0, 0.1) is 0 Å². The number of carbonyl (C=O) groups excluding carboxylic acids is 1. The van der Waals surface area contributed by atoms with Gasteiger partial charge < -0.3 is 15.2 Å². The Morgan fingerprint density at radius 1 is 1.50 bits per heavy atom. The van der Waals surface area contributed by atoms with Gasteiger partial charge in [0.15, 0.2) is 0 Å². The van der Waals surface area contributed by atoms with Crippen LogP contribution in [0.3, 0.4) is 0 Å². The van der Waals surface area contributed by atoms with Gasteiger partial charge in [-0.1, -0.05) is 13.0 Å². The summed E-state index contributed by atoms with van der Waals surface area (Å²) in [4.78, 5) is 27.5. The van der Waals surface area contributed by atoms with Crippen molar-refractivity contribution in [1.29, 1.82) is 0 Å². The zero-order chi connectivity index (χ0) is 13.5. The van der Waals surface area contributed by atoms with E-state index in [4.69, 9.17) is 0 Å². The molecule has 0 aliphatic carbocycles. The Kier molecular flexibility index (Phi) is 5.58. The maximum Gasteiger partial charge on any atom is 0.267 e. The van der Waals surface area contributed by atoms with Crippen molar-refractivity contribution in [1.82, 2.24) is 15.2 Å². The molecule has 1 atom stereocenters. The van der Waals surface area contributed by atoms with Crippen LogP contribution in [0.25, 0.3) is 0 Å². The number of amides is 1. The lowest BCUT2D eigenvalue weighted by molar-refractivity contribution is 0.0942. The fraction of sp³-hybridized carbons (Fsp3) is 0.538. The molecule has 18 heavy (non-hydrogen) atoms. The Labute approximate surface area is 107 Å². The van der Waals surface area contributed by atoms with Gasteiger partial charge in [0, 0.05) is 25.2 Å². The van der Waals surface area contributed by atoms with Crippen LogP contribution in [0.4, 0.5) is 0 Å². The van der Waals surface area contributed by atoms with Crippen LogP contribution >= 0.6 is 0 Å². The molecule has 1 heterocycles. The third kappa shape index (κ3) is 4.33. The van der Waals surface area contributed by atoms with Gasteiger partial charge in [0.05, 0.1) is 0 Å². The normalized spacial score (nSPS) is 12.4. The number of nitrogens with zero attached hydrogens (tertiary/aromatic N) is 1. The molecule has 2 N–H and O–H groups in total. The van der Waals surface area contributed by atoms with Crippen molar-refractivity contribution in [2.45, 2.75) is 26.3 Å². The van der Waals surface area contributed by atoms with Crippen molar-refractivity contribution in [3.8, 4) is 0 Å². The second-order valence-corrected chi connectivity index (χ2v) is 4.42. The molecule has 0 aromatic carbocycles. The van der Waals surface area contributed by atoms with E-state index in [-0.39, 0.29) is 11.5 Å². The molecule has 0 spiro atoms. The molecule has 1 aromatic heterocycles. The summed E-state index contributed by atoms with van der Waals surface area (Å²) in [5.74, 6) is -0.245. The fourth-order valence-corrected chi connectivity index (χ4v) is 1.55. The zero-order valence-corrected chi connectivity index (χ0v) is 11.2. The number of likely N-dealkylation sites (N-methyl/N-ethyl adjacent to an activating group) is 1. The van der Waals surface area contributed by atoms with Crippen LogP contribution in [0.5, 0.6) is 0 Å². The van der Waals surface area contributed by atoms with E-state index in [1.165, 1.54) is 6.07 Å². The van der Waals surface area contributed by atoms with Crippen molar-refractivity contribution < 1.29 is 4.79 Å². The molecule has 100 valence electrons. The summed E-state index contributed by atoms with van der Waals surface area (Å²) >= 11 is 0. The minimum Gasteiger partial charge on any atom is -0.349 e. The molecule has 0 fully saturated rings. The van der Waals surface area contributed by atoms with Gasteiger partial charge in [0.2, 0.25) is 5.56 Å². The first-order valence-electron chi connectivity index (χ1n) is 6.22. The quantitative estimate of drug-likeness (QED) is 0.787. The first-order valence-corrected chi connectivity index (χ1v) is 6.22. The third-order valence-electron chi connectivity index (χ3n) is 3.11. The van der Waals surface area contributed by atoms with Gasteiger partial charge in [-0.05, 0) is 26.5 Å². The number of hydrogen-bond acceptors (Lipinski definition) is 3. The minimum atomic E-state index is -0.264. The summed E-state index contributed by atoms with van der Waals surface area (Å²) in [6.07, 6.45) is 1.08. The summed E-state index contributed by atoms with van der Waals surface area (Å²) in [5.41, 5.74) is 0.0352. The largest absolute Gasteiger partial charge is 0.349 e. The standard InChI is InChI=1S/C13H21N3O2/c1-4-10(2)16(3)9-8-14-13(18)11-6-5-7-12(17)15-11/h5-7,10H,4,8-9H2,1-3H3,(H,14,18)(H,15,17). The van der Waals surface area contributed by atoms with E-state index in [9.17, 15) is 9.59 Å². The third-order valence-corrected chi connectivity index (χ3v) is 3.11. The van der Waals surface area contributed by atoms with Crippen molar-refractivity contribution in [3.63, 3.8) is 0 Å². The first-order chi connectivity index (χ1) is 8.54. The monoisotopic (exact) mass is 251 g/mol. The molecule has 5 heteroatoms. The van der Waals surface area contributed by atoms with Gasteiger partial charge in [0.25, 0.3) is 5.91 Å². The molecule has 0 bridgehead atoms. The summed E-state index contributed by atoms with van der Waals surface area (Å²) in [6.45, 7) is 5.64. The smallest absolute Gasteiger partial charge is 0.267 e. The van der Waals surface area contributed by atoms with Gasteiger partial charge in [-0.2, -0.15) is 0 Å². The molecule has 1 aromatic rings. The average Bonchev–Trinajstić information content (AvgIpc) is 2.37. The number of aromatic nitrogens is 1. The molecular weight excluding hydrogens is 230 g/mol. The Balaban J connectivity index is 2.40. The highest BCUT2D eigenvalue weighted by atomic mass is 16.2. The predicted octanol–water partition coefficient (Wildman–Crippen LogP) is 0.835. The topological polar surface area (TPSA) is 65.2 Å². The van der Waals surface area contributed by atoms with E-state index in [1.807, 2.05) is 7.05 Å². The van der Waals surface area contributed by atoms with Gasteiger partial charge in [-0.15, -0.1) is 0 Å². The fourth-order valence-electron chi connectivity index (χ4n) is 1.55. The molecule has 1 amide bonds. The van der Waals surface area contributed by atoms with E-state index in [0.717, 1.165) is 13.0 Å². The number of H-pyrrole nitrogens is 1. The number of pyridine rings is 1. The Morgan fingerprint density at radius 3 is 2.83 bits per heavy atom. The number of aromatic amines is 1. The van der Waals surface area contributed by atoms with E-state index in [2.05, 4.69) is 29.0 Å². The number of rotatable bonds is 6. The van der Waals surface area contributed by atoms with Gasteiger partial charge >= 0.3 is 0 Å². The molecule has 0 radical (unpaired) electrons. The highest BCUT2D eigenvalue weighted by Crippen LogP contribution is 1.98. The summed E-state index contributed by atoms with van der Waals surface area (Å²) in [7, 11) is 2.03. The number of hydrogen-bond donors (Lipinski definition) is 2. The molecular formula is C13H21N3O2. The predicted molar refractivity (Wildman–Crippen MR) is 71.8 cm³/mol. The molecule has 0 aliphatic heterocycles. The second kappa shape index (κ2) is 6.96. The van der Waals surface area contributed by atoms with Crippen LogP contribution < -0.4 is 10.9 Å². The summed E-state index contributed by atoms with van der Waals surface area (Å²) in [6, 6.07) is 5.04. The van der Waals surface area contributed by atoms with Crippen LogP contribution in [0.15, 0.2) is 23.0 Å². The van der Waals surface area contributed by atoms with Crippen molar-refractivity contribution in [2.75, 3.05) is 20.1 Å². The van der Waals surface area contributed by atoms with Gasteiger partial charge in [0.1, 0.15) is 5.69 Å². The average molecular weight is 251 g/mol. The number of nitrogens with one attached hydrogen (secondary N) is 2. The lowest BCUT2D eigenvalue weighted by atomic mass is 10.2. The Morgan fingerprint density at radius 2 is 2.22 bits per heavy atom. The molecule has 1 rings (SSSR count). The maximum absolute atomic E-state index is 11.7. The first kappa shape index (κ1) is 14.4. The zero-order valence-electron chi connectivity index (χ0n) is 11.2. The van der Waals surface area contributed by atoms with Crippen LogP contribution in [-0.2, 0) is 0 Å². The SMILES string of the molecule is CCC(C)N(C)CCNC(=O)c1cccc(=O)[nH]1. The van der Waals surface area contributed by atoms with Crippen molar-refractivity contribution >= 4 is 5.91 Å². The van der Waals surface area contributed by atoms with Crippen molar-refractivity contribution in [3.05, 3.63) is 34.2 Å².